The number of fused-ring (bicyclic) bond motifs is 3. The number of aliphatic hydroxyl groups is 4. The van der Waals surface area contributed by atoms with Crippen molar-refractivity contribution in [1.29, 1.82) is 0 Å². The Balaban J connectivity index is 1.70. The molecule has 2 aromatic rings. The van der Waals surface area contributed by atoms with Crippen molar-refractivity contribution in [3.05, 3.63) is 76.1 Å². The van der Waals surface area contributed by atoms with Crippen molar-refractivity contribution in [3.63, 3.8) is 0 Å². The molecule has 0 bridgehead atoms. The molecular weight excluding hydrogens is 645 g/mol. The van der Waals surface area contributed by atoms with E-state index in [1.807, 2.05) is 0 Å². The van der Waals surface area contributed by atoms with Gasteiger partial charge in [0.05, 0.1) is 42.5 Å². The predicted octanol–water partition coefficient (Wildman–Crippen LogP) is 2.87. The van der Waals surface area contributed by atoms with Crippen molar-refractivity contribution in [3.8, 4) is 5.75 Å². The molecule has 3 aliphatic carbocycles. The Morgan fingerprint density at radius 3 is 2.21 bits per heavy atom. The van der Waals surface area contributed by atoms with Gasteiger partial charge in [-0.3, -0.25) is 23.8 Å². The van der Waals surface area contributed by atoms with Gasteiger partial charge in [0.25, 0.3) is 5.91 Å². The molecule has 0 saturated heterocycles. The molecule has 0 aromatic heterocycles. The van der Waals surface area contributed by atoms with Gasteiger partial charge in [-0.05, 0) is 51.1 Å². The van der Waals surface area contributed by atoms with Crippen LogP contribution in [0.15, 0.2) is 59.4 Å². The Morgan fingerprint density at radius 1 is 1.06 bits per heavy atom. The zero-order valence-corrected chi connectivity index (χ0v) is 28.0. The van der Waals surface area contributed by atoms with Gasteiger partial charge in [-0.2, -0.15) is 0 Å². The lowest BCUT2D eigenvalue weighted by Gasteiger charge is -2.53. The Labute approximate surface area is 277 Å². The summed E-state index contributed by atoms with van der Waals surface area (Å²) >= 11 is 0. The monoisotopic (exact) mass is 685 g/mol. The van der Waals surface area contributed by atoms with E-state index in [1.165, 1.54) is 25.1 Å². The van der Waals surface area contributed by atoms with Crippen molar-refractivity contribution < 1.29 is 53.5 Å². The number of amides is 1. The maximum Gasteiger partial charge on any atom is 0.357 e. The van der Waals surface area contributed by atoms with Crippen LogP contribution in [-0.4, -0.2) is 93.0 Å². The van der Waals surface area contributed by atoms with Crippen LogP contribution in [-0.2, 0) is 28.0 Å². The van der Waals surface area contributed by atoms with Gasteiger partial charge in [0.1, 0.15) is 22.8 Å². The van der Waals surface area contributed by atoms with Gasteiger partial charge in [0.15, 0.2) is 17.2 Å². The Hall–Kier alpha value is -4.04. The number of primary amides is 1. The number of rotatable bonds is 10. The maximum atomic E-state index is 14.3. The van der Waals surface area contributed by atoms with Crippen LogP contribution in [0.2, 0.25) is 0 Å². The minimum Gasteiger partial charge on any atom is -0.508 e. The number of benzene rings is 2. The van der Waals surface area contributed by atoms with Crippen LogP contribution in [0.3, 0.4) is 0 Å². The van der Waals surface area contributed by atoms with Crippen molar-refractivity contribution in [1.82, 2.24) is 4.90 Å². The summed E-state index contributed by atoms with van der Waals surface area (Å²) in [5.41, 5.74) is 1.42. The van der Waals surface area contributed by atoms with Crippen LogP contribution in [0.1, 0.15) is 49.2 Å². The molecule has 15 heteroatoms. The summed E-state index contributed by atoms with van der Waals surface area (Å²) in [4.78, 5) is 41.2. The van der Waals surface area contributed by atoms with E-state index in [0.717, 1.165) is 0 Å². The summed E-state index contributed by atoms with van der Waals surface area (Å²) in [6.07, 6.45) is -1.72. The molecule has 14 nitrogen and oxygen atoms in total. The fraction of sp³-hybridized carbons (Fsp3) is 0.424. The third-order valence-electron chi connectivity index (χ3n) is 9.47. The normalized spacial score (nSPS) is 27.8. The number of hydrogen-bond acceptors (Lipinski definition) is 13. The molecule has 1 saturated carbocycles. The van der Waals surface area contributed by atoms with Crippen molar-refractivity contribution >= 4 is 36.5 Å². The molecule has 1 unspecified atom stereocenters. The third-order valence-corrected chi connectivity index (χ3v) is 11.8. The minimum absolute atomic E-state index is 0.0184. The predicted molar refractivity (Wildman–Crippen MR) is 174 cm³/mol. The van der Waals surface area contributed by atoms with E-state index >= 15 is 0 Å². The lowest BCUT2D eigenvalue weighted by atomic mass is 9.54. The van der Waals surface area contributed by atoms with Gasteiger partial charge in [0.2, 0.25) is 5.78 Å². The molecular formula is C33H40N3O11P. The van der Waals surface area contributed by atoms with Crippen LogP contribution in [0.5, 0.6) is 5.75 Å². The number of nitrogens with two attached hydrogens (primary N) is 1. The Morgan fingerprint density at radius 2 is 1.67 bits per heavy atom. The molecule has 0 aliphatic heterocycles. The first-order valence-corrected chi connectivity index (χ1v) is 17.1. The van der Waals surface area contributed by atoms with Gasteiger partial charge in [-0.1, -0.05) is 43.3 Å². The number of aromatic hydroxyl groups is 1. The number of nitrogens with one attached hydrogen (secondary N) is 1. The van der Waals surface area contributed by atoms with E-state index in [2.05, 4.69) is 5.32 Å². The molecule has 7 atom stereocenters. The van der Waals surface area contributed by atoms with E-state index in [0.29, 0.717) is 11.1 Å². The quantitative estimate of drug-likeness (QED) is 0.109. The molecule has 3 aliphatic rings. The van der Waals surface area contributed by atoms with E-state index < -0.39 is 94.8 Å². The van der Waals surface area contributed by atoms with E-state index in [9.17, 15) is 44.5 Å². The SMILES string of the molecule is CCOP(=O)(OCC)C(Nc1ccc2c(c1O)C(O)=C1C(=O)[C@]3(O)C(O)=C(C(N)=O)C(=O)[C@@H](N(C)C)[C@@H]3[C@@H](O)[C@@H]1[C@@H]2C)c1ccccc1. The minimum atomic E-state index is -3.92. The van der Waals surface area contributed by atoms with Gasteiger partial charge in [0, 0.05) is 11.5 Å². The van der Waals surface area contributed by atoms with Crippen molar-refractivity contribution in [2.45, 2.75) is 50.2 Å². The van der Waals surface area contributed by atoms with Crippen LogP contribution in [0, 0.1) is 11.8 Å². The molecule has 5 rings (SSSR count). The summed E-state index contributed by atoms with van der Waals surface area (Å²) in [7, 11) is -1.04. The van der Waals surface area contributed by atoms with E-state index in [-0.39, 0.29) is 24.5 Å². The summed E-state index contributed by atoms with van der Waals surface area (Å²) in [5.74, 6) is -11.1. The second-order valence-corrected chi connectivity index (χ2v) is 14.4. The lowest BCUT2D eigenvalue weighted by molar-refractivity contribution is -0.169. The van der Waals surface area contributed by atoms with E-state index in [1.54, 1.807) is 57.2 Å². The summed E-state index contributed by atoms with van der Waals surface area (Å²) < 4.78 is 25.3. The number of phenols is 1. The Kier molecular flexibility index (Phi) is 9.38. The number of likely N-dealkylation sites (N-methyl/N-ethyl adjacent to an activating group) is 1. The average molecular weight is 686 g/mol. The van der Waals surface area contributed by atoms with Crippen LogP contribution >= 0.6 is 7.60 Å². The first kappa shape index (κ1) is 35.3. The zero-order valence-electron chi connectivity index (χ0n) is 27.1. The Bertz CT molecular complexity index is 1770. The van der Waals surface area contributed by atoms with Gasteiger partial charge in [-0.15, -0.1) is 0 Å². The molecule has 0 radical (unpaired) electrons. The molecule has 1 amide bonds. The molecule has 48 heavy (non-hydrogen) atoms. The number of carbonyl (C=O) groups excluding carboxylic acids is 3. The summed E-state index contributed by atoms with van der Waals surface area (Å²) in [6.45, 7) is 5.05. The topological polar surface area (TPSA) is 229 Å². The highest BCUT2D eigenvalue weighted by molar-refractivity contribution is 7.54. The fourth-order valence-corrected chi connectivity index (χ4v) is 9.33. The molecule has 0 spiro atoms. The average Bonchev–Trinajstić information content (AvgIpc) is 3.02. The number of Topliss-reactive ketones (excluding diaryl/α,β-unsaturated/α-hetero) is 2. The highest BCUT2D eigenvalue weighted by Crippen LogP contribution is 2.62. The maximum absolute atomic E-state index is 14.3. The highest BCUT2D eigenvalue weighted by Gasteiger charge is 2.68. The van der Waals surface area contributed by atoms with Gasteiger partial charge in [-0.25, -0.2) is 0 Å². The number of phenolic OH excluding ortho intramolecular Hbond substituents is 1. The number of anilines is 1. The van der Waals surface area contributed by atoms with Crippen molar-refractivity contribution in [2.24, 2.45) is 17.6 Å². The standard InChI is InChI=1S/C33H40N3O11P/c1-6-46-48(45,47-7-2)32(16-11-9-8-10-12-16)35-18-14-13-17-15(3)19-21(26(38)20(17)25(18)37)29(41)33(44)23(27(19)39)24(36(4)5)28(40)22(30(33)42)31(34)43/h8-15,19,23-24,27,32,35,37-39,42,44H,6-7H2,1-5H3,(H2,34,43)/t15-,19-,23-,24+,27+,32?,33+/m1/s1. The van der Waals surface area contributed by atoms with Crippen molar-refractivity contribution in [2.75, 3.05) is 32.6 Å². The first-order chi connectivity index (χ1) is 22.6. The largest absolute Gasteiger partial charge is 0.508 e. The van der Waals surface area contributed by atoms with Gasteiger partial charge < -0.3 is 45.6 Å². The highest BCUT2D eigenvalue weighted by atomic mass is 31.2. The first-order valence-electron chi connectivity index (χ1n) is 15.5. The third kappa shape index (κ3) is 5.15. The number of nitrogens with zero attached hydrogens (tertiary/aromatic N) is 1. The number of ketones is 2. The molecule has 8 N–H and O–H groups in total. The number of carbonyl (C=O) groups is 3. The van der Waals surface area contributed by atoms with Crippen LogP contribution in [0.4, 0.5) is 5.69 Å². The van der Waals surface area contributed by atoms with E-state index in [4.69, 9.17) is 14.8 Å². The molecule has 2 aromatic carbocycles. The molecule has 0 heterocycles. The smallest absolute Gasteiger partial charge is 0.357 e. The number of hydrogen-bond donors (Lipinski definition) is 7. The second kappa shape index (κ2) is 12.8. The van der Waals surface area contributed by atoms with Crippen LogP contribution < -0.4 is 11.1 Å². The zero-order chi connectivity index (χ0) is 35.5. The van der Waals surface area contributed by atoms with Gasteiger partial charge >= 0.3 is 7.60 Å². The van der Waals surface area contributed by atoms with Crippen LogP contribution in [0.25, 0.3) is 5.76 Å². The molecule has 1 fully saturated rings. The summed E-state index contributed by atoms with van der Waals surface area (Å²) in [5, 5.41) is 61.3. The second-order valence-electron chi connectivity index (χ2n) is 12.3. The lowest BCUT2D eigenvalue weighted by Crippen LogP contribution is -2.70. The summed E-state index contributed by atoms with van der Waals surface area (Å²) in [6, 6.07) is 10.2. The molecule has 258 valence electrons. The fourth-order valence-electron chi connectivity index (χ4n) is 7.41. The number of aliphatic hydroxyl groups excluding tert-OH is 3.